The molecule has 1 aliphatic rings. The molecule has 0 aromatic heterocycles. The van der Waals surface area contributed by atoms with E-state index in [9.17, 15) is 0 Å². The minimum absolute atomic E-state index is 0.328. The van der Waals surface area contributed by atoms with Crippen LogP contribution in [0.2, 0.25) is 0 Å². The number of rotatable bonds is 4. The van der Waals surface area contributed by atoms with Crippen LogP contribution in [0.3, 0.4) is 0 Å². The maximum absolute atomic E-state index is 5.89. The Hall–Kier alpha value is -0.740. The first-order valence-corrected chi connectivity index (χ1v) is 7.21. The van der Waals surface area contributed by atoms with Crippen molar-refractivity contribution in [3.05, 3.63) is 22.2 Å². The van der Waals surface area contributed by atoms with Gasteiger partial charge in [0.2, 0.25) is 0 Å². The number of likely N-dealkylation sites (N-methyl/N-ethyl adjacent to an activating group) is 1. The van der Waals surface area contributed by atoms with Gasteiger partial charge in [-0.3, -0.25) is 0 Å². The Morgan fingerprint density at radius 1 is 1.39 bits per heavy atom. The molecule has 1 aromatic carbocycles. The third-order valence-electron chi connectivity index (χ3n) is 4.20. The van der Waals surface area contributed by atoms with Gasteiger partial charge in [-0.1, -0.05) is 0 Å². The highest BCUT2D eigenvalue weighted by molar-refractivity contribution is 9.10. The number of nitrogens with zero attached hydrogens (tertiary/aromatic N) is 1. The number of halogens is 1. The van der Waals surface area contributed by atoms with Crippen molar-refractivity contribution in [2.24, 2.45) is 0 Å². The summed E-state index contributed by atoms with van der Waals surface area (Å²) in [5, 5.41) is 3.56. The zero-order chi connectivity index (χ0) is 13.3. The Morgan fingerprint density at radius 2 is 2.06 bits per heavy atom. The van der Waals surface area contributed by atoms with Gasteiger partial charge in [0, 0.05) is 27.9 Å². The molecule has 1 saturated carbocycles. The maximum Gasteiger partial charge on any atom is 0.0489 e. The fraction of sp³-hybridized carbons (Fsp3) is 0.571. The molecule has 0 unspecified atom stereocenters. The molecule has 0 aliphatic heterocycles. The van der Waals surface area contributed by atoms with E-state index in [-0.39, 0.29) is 0 Å². The summed E-state index contributed by atoms with van der Waals surface area (Å²) in [5.41, 5.74) is 9.30. The molecule has 3 nitrogen and oxygen atoms in total. The lowest BCUT2D eigenvalue weighted by Gasteiger charge is -2.47. The first kappa shape index (κ1) is 13.7. The summed E-state index contributed by atoms with van der Waals surface area (Å²) >= 11 is 3.57. The predicted molar refractivity (Wildman–Crippen MR) is 82.1 cm³/mol. The van der Waals surface area contributed by atoms with Gasteiger partial charge < -0.3 is 16.0 Å². The lowest BCUT2D eigenvalue weighted by atomic mass is 9.75. The average Bonchev–Trinajstić information content (AvgIpc) is 2.23. The monoisotopic (exact) mass is 311 g/mol. The highest BCUT2D eigenvalue weighted by Gasteiger charge is 2.38. The number of nitrogens with one attached hydrogen (secondary N) is 1. The smallest absolute Gasteiger partial charge is 0.0489 e. The van der Waals surface area contributed by atoms with Gasteiger partial charge in [0.15, 0.2) is 0 Å². The molecule has 3 N–H and O–H groups in total. The van der Waals surface area contributed by atoms with Crippen molar-refractivity contribution in [2.75, 3.05) is 31.7 Å². The summed E-state index contributed by atoms with van der Waals surface area (Å²) in [6.45, 7) is 3.03. The largest absolute Gasteiger partial charge is 0.398 e. The molecule has 2 rings (SSSR count). The second-order valence-electron chi connectivity index (χ2n) is 5.51. The van der Waals surface area contributed by atoms with Crippen molar-refractivity contribution in [3.63, 3.8) is 0 Å². The number of benzene rings is 1. The number of aryl methyl sites for hydroxylation is 1. The topological polar surface area (TPSA) is 41.3 Å². The number of anilines is 2. The Balaban J connectivity index is 2.08. The van der Waals surface area contributed by atoms with Crippen LogP contribution in [0, 0.1) is 6.92 Å². The van der Waals surface area contributed by atoms with Crippen molar-refractivity contribution >= 4 is 27.3 Å². The van der Waals surface area contributed by atoms with E-state index in [4.69, 9.17) is 5.73 Å². The van der Waals surface area contributed by atoms with E-state index < -0.39 is 0 Å². The first-order valence-electron chi connectivity index (χ1n) is 6.41. The second-order valence-corrected chi connectivity index (χ2v) is 6.37. The van der Waals surface area contributed by atoms with Gasteiger partial charge in [0.25, 0.3) is 0 Å². The van der Waals surface area contributed by atoms with Gasteiger partial charge in [0.1, 0.15) is 0 Å². The predicted octanol–water partition coefficient (Wildman–Crippen LogP) is 3.24. The molecule has 1 aromatic rings. The quantitative estimate of drug-likeness (QED) is 0.839. The molecule has 18 heavy (non-hydrogen) atoms. The molecular weight excluding hydrogens is 290 g/mol. The average molecular weight is 312 g/mol. The van der Waals surface area contributed by atoms with Gasteiger partial charge in [-0.05, 0) is 73.9 Å². The molecule has 0 atom stereocenters. The number of nitrogen functional groups attached to an aromatic ring is 1. The summed E-state index contributed by atoms with van der Waals surface area (Å²) in [4.78, 5) is 2.35. The van der Waals surface area contributed by atoms with E-state index in [2.05, 4.69) is 46.3 Å². The van der Waals surface area contributed by atoms with Crippen molar-refractivity contribution in [3.8, 4) is 0 Å². The molecule has 0 saturated heterocycles. The lowest BCUT2D eigenvalue weighted by Crippen LogP contribution is -2.54. The molecule has 0 amide bonds. The van der Waals surface area contributed by atoms with Gasteiger partial charge in [0.05, 0.1) is 0 Å². The molecule has 0 radical (unpaired) electrons. The van der Waals surface area contributed by atoms with Crippen LogP contribution in [0.15, 0.2) is 16.6 Å². The summed E-state index contributed by atoms with van der Waals surface area (Å²) in [6, 6.07) is 4.09. The van der Waals surface area contributed by atoms with Crippen LogP contribution in [-0.2, 0) is 0 Å². The first-order chi connectivity index (χ1) is 8.44. The number of hydrogen-bond donors (Lipinski definition) is 2. The van der Waals surface area contributed by atoms with Crippen LogP contribution in [0.5, 0.6) is 0 Å². The molecular formula is C14H22BrN3. The van der Waals surface area contributed by atoms with Gasteiger partial charge in [-0.25, -0.2) is 0 Å². The van der Waals surface area contributed by atoms with Crippen molar-refractivity contribution in [1.29, 1.82) is 0 Å². The Morgan fingerprint density at radius 3 is 2.56 bits per heavy atom. The Labute approximate surface area is 118 Å². The number of hydrogen-bond acceptors (Lipinski definition) is 3. The minimum Gasteiger partial charge on any atom is -0.398 e. The minimum atomic E-state index is 0.328. The number of nitrogens with two attached hydrogens (primary N) is 1. The standard InChI is InChI=1S/C14H22BrN3/c1-10-7-13(11(15)8-12(10)16)17-9-14(18(2)3)5-4-6-14/h7-8,17H,4-6,9,16H2,1-3H3. The highest BCUT2D eigenvalue weighted by atomic mass is 79.9. The summed E-state index contributed by atoms with van der Waals surface area (Å²) in [7, 11) is 4.34. The third kappa shape index (κ3) is 2.50. The van der Waals surface area contributed by atoms with E-state index in [0.717, 1.165) is 28.0 Å². The molecule has 0 bridgehead atoms. The third-order valence-corrected chi connectivity index (χ3v) is 4.85. The molecule has 0 heterocycles. The van der Waals surface area contributed by atoms with Crippen LogP contribution in [-0.4, -0.2) is 31.1 Å². The van der Waals surface area contributed by atoms with Gasteiger partial charge in [-0.15, -0.1) is 0 Å². The van der Waals surface area contributed by atoms with Gasteiger partial charge >= 0.3 is 0 Å². The van der Waals surface area contributed by atoms with Crippen LogP contribution in [0.1, 0.15) is 24.8 Å². The van der Waals surface area contributed by atoms with Gasteiger partial charge in [-0.2, -0.15) is 0 Å². The maximum atomic E-state index is 5.89. The van der Waals surface area contributed by atoms with Crippen LogP contribution < -0.4 is 11.1 Å². The van der Waals surface area contributed by atoms with Crippen molar-refractivity contribution < 1.29 is 0 Å². The summed E-state index contributed by atoms with van der Waals surface area (Å²) in [5.74, 6) is 0. The van der Waals surface area contributed by atoms with Crippen LogP contribution >= 0.6 is 15.9 Å². The SMILES string of the molecule is Cc1cc(NCC2(N(C)C)CCC2)c(Br)cc1N. The van der Waals surface area contributed by atoms with Crippen molar-refractivity contribution in [1.82, 2.24) is 4.90 Å². The molecule has 100 valence electrons. The summed E-state index contributed by atoms with van der Waals surface area (Å²) in [6.07, 6.45) is 3.89. The molecule has 0 spiro atoms. The highest BCUT2D eigenvalue weighted by Crippen LogP contribution is 2.37. The van der Waals surface area contributed by atoms with Crippen LogP contribution in [0.25, 0.3) is 0 Å². The van der Waals surface area contributed by atoms with E-state index in [1.807, 2.05) is 13.0 Å². The van der Waals surface area contributed by atoms with E-state index in [1.165, 1.54) is 19.3 Å². The second kappa shape index (κ2) is 5.10. The zero-order valence-electron chi connectivity index (χ0n) is 11.4. The van der Waals surface area contributed by atoms with E-state index in [1.54, 1.807) is 0 Å². The van der Waals surface area contributed by atoms with Crippen LogP contribution in [0.4, 0.5) is 11.4 Å². The van der Waals surface area contributed by atoms with Crippen molar-refractivity contribution in [2.45, 2.75) is 31.7 Å². The fourth-order valence-electron chi connectivity index (χ4n) is 2.46. The summed E-state index contributed by atoms with van der Waals surface area (Å²) < 4.78 is 1.04. The molecule has 1 fully saturated rings. The Kier molecular flexibility index (Phi) is 3.87. The normalized spacial score (nSPS) is 17.6. The fourth-order valence-corrected chi connectivity index (χ4v) is 2.96. The Bertz CT molecular complexity index is 439. The lowest BCUT2D eigenvalue weighted by molar-refractivity contribution is 0.0739. The molecule has 1 aliphatic carbocycles. The molecule has 4 heteroatoms. The zero-order valence-corrected chi connectivity index (χ0v) is 13.0. The van der Waals surface area contributed by atoms with E-state index >= 15 is 0 Å². The van der Waals surface area contributed by atoms with E-state index in [0.29, 0.717) is 5.54 Å².